The maximum atomic E-state index is 12.3. The second kappa shape index (κ2) is 8.38. The number of ether oxygens (including phenoxy) is 2. The molecule has 0 spiro atoms. The van der Waals surface area contributed by atoms with Crippen molar-refractivity contribution in [2.75, 3.05) is 26.1 Å². The summed E-state index contributed by atoms with van der Waals surface area (Å²) in [6.45, 7) is 5.75. The van der Waals surface area contributed by atoms with E-state index in [0.29, 0.717) is 17.1 Å². The Hall–Kier alpha value is -3.02. The molecule has 0 saturated heterocycles. The maximum Gasteiger partial charge on any atom is 0.255 e. The number of nitrogens with one attached hydrogen (secondary N) is 2. The fourth-order valence-electron chi connectivity index (χ4n) is 2.80. The van der Waals surface area contributed by atoms with Crippen LogP contribution in [0.4, 0.5) is 5.69 Å². The predicted molar refractivity (Wildman–Crippen MR) is 101 cm³/mol. The third-order valence-corrected chi connectivity index (χ3v) is 4.00. The van der Waals surface area contributed by atoms with Gasteiger partial charge in [-0.2, -0.15) is 0 Å². The summed E-state index contributed by atoms with van der Waals surface area (Å²) in [5.41, 5.74) is 4.22. The highest BCUT2D eigenvalue weighted by Gasteiger charge is 2.15. The summed E-state index contributed by atoms with van der Waals surface area (Å²) in [6.07, 6.45) is 0. The van der Waals surface area contributed by atoms with Crippen LogP contribution in [0, 0.1) is 20.8 Å². The highest BCUT2D eigenvalue weighted by Crippen LogP contribution is 2.24. The predicted octanol–water partition coefficient (Wildman–Crippen LogP) is 3.00. The number of aryl methyl sites for hydroxylation is 3. The number of benzene rings is 2. The van der Waals surface area contributed by atoms with E-state index in [1.807, 2.05) is 32.9 Å². The zero-order valence-electron chi connectivity index (χ0n) is 15.7. The van der Waals surface area contributed by atoms with E-state index in [0.717, 1.165) is 22.4 Å². The smallest absolute Gasteiger partial charge is 0.255 e. The van der Waals surface area contributed by atoms with E-state index < -0.39 is 5.91 Å². The van der Waals surface area contributed by atoms with Crippen molar-refractivity contribution in [3.8, 4) is 11.5 Å². The number of carbonyl (C=O) groups excluding carboxylic acids is 2. The number of anilines is 1. The second-order valence-electron chi connectivity index (χ2n) is 6.07. The van der Waals surface area contributed by atoms with Crippen molar-refractivity contribution in [3.63, 3.8) is 0 Å². The normalized spacial score (nSPS) is 10.2. The van der Waals surface area contributed by atoms with Crippen molar-refractivity contribution in [2.24, 2.45) is 0 Å². The molecule has 6 nitrogen and oxygen atoms in total. The molecule has 0 saturated carbocycles. The van der Waals surface area contributed by atoms with Gasteiger partial charge >= 0.3 is 0 Å². The summed E-state index contributed by atoms with van der Waals surface area (Å²) in [5.74, 6) is 0.284. The Kier molecular flexibility index (Phi) is 6.22. The van der Waals surface area contributed by atoms with Gasteiger partial charge in [0.2, 0.25) is 5.91 Å². The standard InChI is InChI=1S/C20H24N2O4/c1-12-8-13(2)19(14(3)9-12)22-18(23)11-21-20(24)16-7-6-15(25-4)10-17(16)26-5/h6-10H,11H2,1-5H3,(H,21,24)(H,22,23). The van der Waals surface area contributed by atoms with E-state index >= 15 is 0 Å². The number of rotatable bonds is 6. The van der Waals surface area contributed by atoms with Gasteiger partial charge in [0, 0.05) is 11.8 Å². The lowest BCUT2D eigenvalue weighted by molar-refractivity contribution is -0.115. The van der Waals surface area contributed by atoms with Gasteiger partial charge in [0.1, 0.15) is 11.5 Å². The Morgan fingerprint density at radius 1 is 0.962 bits per heavy atom. The molecule has 0 radical (unpaired) electrons. The molecule has 0 atom stereocenters. The second-order valence-corrected chi connectivity index (χ2v) is 6.07. The molecule has 0 unspecified atom stereocenters. The largest absolute Gasteiger partial charge is 0.497 e. The average Bonchev–Trinajstić information content (AvgIpc) is 2.62. The number of methoxy groups -OCH3 is 2. The zero-order chi connectivity index (χ0) is 19.3. The first-order chi connectivity index (χ1) is 12.3. The summed E-state index contributed by atoms with van der Waals surface area (Å²) >= 11 is 0. The summed E-state index contributed by atoms with van der Waals surface area (Å²) < 4.78 is 10.3. The first kappa shape index (κ1) is 19.3. The van der Waals surface area contributed by atoms with Crippen molar-refractivity contribution in [3.05, 3.63) is 52.6 Å². The molecule has 0 heterocycles. The number of hydrogen-bond donors (Lipinski definition) is 2. The van der Waals surface area contributed by atoms with Crippen molar-refractivity contribution >= 4 is 17.5 Å². The summed E-state index contributed by atoms with van der Waals surface area (Å²) in [6, 6.07) is 8.89. The van der Waals surface area contributed by atoms with Crippen molar-refractivity contribution < 1.29 is 19.1 Å². The Bertz CT molecular complexity index is 808. The minimum atomic E-state index is -0.392. The first-order valence-electron chi connectivity index (χ1n) is 8.23. The number of hydrogen-bond acceptors (Lipinski definition) is 4. The van der Waals surface area contributed by atoms with E-state index in [-0.39, 0.29) is 12.5 Å². The minimum Gasteiger partial charge on any atom is -0.497 e. The first-order valence-corrected chi connectivity index (χ1v) is 8.23. The van der Waals surface area contributed by atoms with Crippen LogP contribution in [-0.2, 0) is 4.79 Å². The highest BCUT2D eigenvalue weighted by atomic mass is 16.5. The van der Waals surface area contributed by atoms with Crippen LogP contribution in [0.2, 0.25) is 0 Å². The molecule has 6 heteroatoms. The highest BCUT2D eigenvalue weighted by molar-refractivity contribution is 6.01. The molecular weight excluding hydrogens is 332 g/mol. The van der Waals surface area contributed by atoms with Crippen molar-refractivity contribution in [2.45, 2.75) is 20.8 Å². The molecule has 2 rings (SSSR count). The van der Waals surface area contributed by atoms with Crippen LogP contribution in [0.25, 0.3) is 0 Å². The Balaban J connectivity index is 2.03. The van der Waals surface area contributed by atoms with Gasteiger partial charge in [0.05, 0.1) is 26.3 Å². The number of carbonyl (C=O) groups is 2. The minimum absolute atomic E-state index is 0.138. The summed E-state index contributed by atoms with van der Waals surface area (Å²) in [5, 5.41) is 5.46. The lowest BCUT2D eigenvalue weighted by atomic mass is 10.1. The molecule has 2 amide bonds. The lowest BCUT2D eigenvalue weighted by Crippen LogP contribution is -2.33. The SMILES string of the molecule is COc1ccc(C(=O)NCC(=O)Nc2c(C)cc(C)cc2C)c(OC)c1. The maximum absolute atomic E-state index is 12.3. The monoisotopic (exact) mass is 356 g/mol. The van der Waals surface area contributed by atoms with E-state index in [2.05, 4.69) is 10.6 Å². The van der Waals surface area contributed by atoms with Gasteiger partial charge in [0.15, 0.2) is 0 Å². The van der Waals surface area contributed by atoms with E-state index in [1.165, 1.54) is 14.2 Å². The topological polar surface area (TPSA) is 76.7 Å². The van der Waals surface area contributed by atoms with Crippen LogP contribution in [0.5, 0.6) is 11.5 Å². The van der Waals surface area contributed by atoms with Gasteiger partial charge < -0.3 is 20.1 Å². The molecule has 2 aromatic carbocycles. The van der Waals surface area contributed by atoms with E-state index in [9.17, 15) is 9.59 Å². The van der Waals surface area contributed by atoms with Crippen molar-refractivity contribution in [1.29, 1.82) is 0 Å². The Morgan fingerprint density at radius 2 is 1.62 bits per heavy atom. The molecule has 0 bridgehead atoms. The third-order valence-electron chi connectivity index (χ3n) is 4.00. The van der Waals surface area contributed by atoms with Gasteiger partial charge in [0.25, 0.3) is 5.91 Å². The van der Waals surface area contributed by atoms with Crippen molar-refractivity contribution in [1.82, 2.24) is 5.32 Å². The molecule has 0 aliphatic carbocycles. The molecule has 2 aromatic rings. The molecule has 2 N–H and O–H groups in total. The Morgan fingerprint density at radius 3 is 2.19 bits per heavy atom. The quantitative estimate of drug-likeness (QED) is 0.834. The van der Waals surface area contributed by atoms with Gasteiger partial charge in [-0.3, -0.25) is 9.59 Å². The number of amides is 2. The lowest BCUT2D eigenvalue weighted by Gasteiger charge is -2.14. The van der Waals surface area contributed by atoms with Crippen LogP contribution in [0.15, 0.2) is 30.3 Å². The summed E-state index contributed by atoms with van der Waals surface area (Å²) in [7, 11) is 3.01. The molecule has 138 valence electrons. The Labute approximate surface area is 153 Å². The third kappa shape index (κ3) is 4.53. The molecule has 26 heavy (non-hydrogen) atoms. The summed E-state index contributed by atoms with van der Waals surface area (Å²) in [4.78, 5) is 24.6. The van der Waals surface area contributed by atoms with Gasteiger partial charge in [-0.05, 0) is 44.0 Å². The molecule has 0 fully saturated rings. The van der Waals surface area contributed by atoms with E-state index in [1.54, 1.807) is 18.2 Å². The van der Waals surface area contributed by atoms with Gasteiger partial charge in [-0.1, -0.05) is 17.7 Å². The fraction of sp³-hybridized carbons (Fsp3) is 0.300. The van der Waals surface area contributed by atoms with E-state index in [4.69, 9.17) is 9.47 Å². The molecule has 0 aromatic heterocycles. The van der Waals surface area contributed by atoms with Crippen LogP contribution >= 0.6 is 0 Å². The molecule has 0 aliphatic heterocycles. The van der Waals surface area contributed by atoms with Crippen LogP contribution in [-0.4, -0.2) is 32.6 Å². The van der Waals surface area contributed by atoms with Crippen LogP contribution in [0.3, 0.4) is 0 Å². The van der Waals surface area contributed by atoms with Gasteiger partial charge in [-0.15, -0.1) is 0 Å². The van der Waals surface area contributed by atoms with Crippen LogP contribution < -0.4 is 20.1 Å². The van der Waals surface area contributed by atoms with Crippen LogP contribution in [0.1, 0.15) is 27.0 Å². The molecule has 0 aliphatic rings. The van der Waals surface area contributed by atoms with Gasteiger partial charge in [-0.25, -0.2) is 0 Å². The zero-order valence-corrected chi connectivity index (χ0v) is 15.7. The average molecular weight is 356 g/mol. The molecular formula is C20H24N2O4. The fourth-order valence-corrected chi connectivity index (χ4v) is 2.80.